The number of hydrogen-bond donors (Lipinski definition) is 1. The van der Waals surface area contributed by atoms with Crippen LogP contribution in [0.4, 0.5) is 4.79 Å². The highest BCUT2D eigenvalue weighted by molar-refractivity contribution is 5.80. The minimum atomic E-state index is -1.05. The lowest BCUT2D eigenvalue weighted by molar-refractivity contribution is -0.137. The van der Waals surface area contributed by atoms with Gasteiger partial charge >= 0.3 is 12.0 Å². The van der Waals surface area contributed by atoms with Gasteiger partial charge in [-0.3, -0.25) is 9.78 Å². The van der Waals surface area contributed by atoms with Crippen molar-refractivity contribution in [2.24, 2.45) is 0 Å². The molecule has 0 aliphatic rings. The van der Waals surface area contributed by atoms with E-state index in [9.17, 15) is 9.59 Å². The Hall–Kier alpha value is -2.37. The normalized spacial score (nSPS) is 9.90. The fourth-order valence-corrected chi connectivity index (χ4v) is 1.77. The van der Waals surface area contributed by atoms with Gasteiger partial charge in [0.1, 0.15) is 6.54 Å². The van der Waals surface area contributed by atoms with Crippen molar-refractivity contribution in [2.75, 3.05) is 20.1 Å². The monoisotopic (exact) mass is 277 g/mol. The first kappa shape index (κ1) is 15.7. The number of aliphatic carboxylic acids is 1. The van der Waals surface area contributed by atoms with Gasteiger partial charge in [0.25, 0.3) is 0 Å². The van der Waals surface area contributed by atoms with E-state index in [-0.39, 0.29) is 19.1 Å². The largest absolute Gasteiger partial charge is 0.480 e. The van der Waals surface area contributed by atoms with Crippen molar-refractivity contribution in [1.82, 2.24) is 14.8 Å². The molecule has 0 aliphatic heterocycles. The average Bonchev–Trinajstić information content (AvgIpc) is 2.36. The Kier molecular flexibility index (Phi) is 5.71. The second kappa shape index (κ2) is 7.28. The van der Waals surface area contributed by atoms with Crippen molar-refractivity contribution >= 4 is 12.0 Å². The van der Waals surface area contributed by atoms with Crippen LogP contribution in [0, 0.1) is 6.92 Å². The van der Waals surface area contributed by atoms with Crippen LogP contribution in [0.1, 0.15) is 11.4 Å². The predicted octanol–water partition coefficient (Wildman–Crippen LogP) is 1.51. The van der Waals surface area contributed by atoms with E-state index < -0.39 is 5.97 Å². The van der Waals surface area contributed by atoms with Crippen LogP contribution in [-0.2, 0) is 11.3 Å². The molecular formula is C14H19N3O3. The fraction of sp³-hybridized carbons (Fsp3) is 0.357. The Morgan fingerprint density at radius 2 is 2.15 bits per heavy atom. The van der Waals surface area contributed by atoms with Crippen molar-refractivity contribution < 1.29 is 14.7 Å². The van der Waals surface area contributed by atoms with Gasteiger partial charge in [-0.25, -0.2) is 4.79 Å². The number of carbonyl (C=O) groups is 2. The van der Waals surface area contributed by atoms with Crippen LogP contribution in [-0.4, -0.2) is 52.0 Å². The van der Waals surface area contributed by atoms with Gasteiger partial charge < -0.3 is 14.9 Å². The van der Waals surface area contributed by atoms with E-state index in [4.69, 9.17) is 5.11 Å². The molecule has 0 radical (unpaired) electrons. The number of nitrogens with zero attached hydrogens (tertiary/aromatic N) is 3. The quantitative estimate of drug-likeness (QED) is 0.800. The van der Waals surface area contributed by atoms with E-state index in [0.29, 0.717) is 6.54 Å². The van der Waals surface area contributed by atoms with Crippen LogP contribution in [0.3, 0.4) is 0 Å². The molecule has 0 bridgehead atoms. The first-order chi connectivity index (χ1) is 9.43. The summed E-state index contributed by atoms with van der Waals surface area (Å²) in [5, 5.41) is 8.81. The third kappa shape index (κ3) is 4.72. The number of carbonyl (C=O) groups excluding carboxylic acids is 1. The summed E-state index contributed by atoms with van der Waals surface area (Å²) in [5.74, 6) is -1.05. The second-order valence-electron chi connectivity index (χ2n) is 4.47. The standard InChI is InChI=1S/C14H19N3O3/c1-4-8-17(10-13(18)19)14(20)16(3)9-12-7-5-6-11(2)15-12/h4-7H,1,8-10H2,2-3H3,(H,18,19). The summed E-state index contributed by atoms with van der Waals surface area (Å²) in [6, 6.07) is 5.20. The van der Waals surface area contributed by atoms with Gasteiger partial charge in [0.15, 0.2) is 0 Å². The maximum Gasteiger partial charge on any atom is 0.323 e. The minimum Gasteiger partial charge on any atom is -0.480 e. The van der Waals surface area contributed by atoms with Crippen LogP contribution >= 0.6 is 0 Å². The van der Waals surface area contributed by atoms with Gasteiger partial charge in [0.2, 0.25) is 0 Å². The van der Waals surface area contributed by atoms with Crippen LogP contribution in [0.25, 0.3) is 0 Å². The Bertz CT molecular complexity index is 502. The Labute approximate surface area is 118 Å². The number of carboxylic acid groups (broad SMARTS) is 1. The van der Waals surface area contributed by atoms with Crippen LogP contribution in [0.15, 0.2) is 30.9 Å². The van der Waals surface area contributed by atoms with Crippen molar-refractivity contribution in [2.45, 2.75) is 13.5 Å². The summed E-state index contributed by atoms with van der Waals surface area (Å²) in [6.45, 7) is 5.57. The first-order valence-corrected chi connectivity index (χ1v) is 6.19. The van der Waals surface area contributed by atoms with Crippen molar-refractivity contribution in [3.05, 3.63) is 42.2 Å². The van der Waals surface area contributed by atoms with E-state index in [1.165, 1.54) is 15.9 Å². The summed E-state index contributed by atoms with van der Waals surface area (Å²) < 4.78 is 0. The second-order valence-corrected chi connectivity index (χ2v) is 4.47. The number of urea groups is 1. The maximum absolute atomic E-state index is 12.2. The van der Waals surface area contributed by atoms with Crippen molar-refractivity contribution in [3.8, 4) is 0 Å². The Morgan fingerprint density at radius 3 is 2.70 bits per heavy atom. The number of pyridine rings is 1. The van der Waals surface area contributed by atoms with E-state index >= 15 is 0 Å². The Balaban J connectivity index is 2.73. The van der Waals surface area contributed by atoms with Crippen LogP contribution in [0.2, 0.25) is 0 Å². The maximum atomic E-state index is 12.2. The summed E-state index contributed by atoms with van der Waals surface area (Å²) in [6.07, 6.45) is 1.50. The highest BCUT2D eigenvalue weighted by Crippen LogP contribution is 2.05. The summed E-state index contributed by atoms with van der Waals surface area (Å²) >= 11 is 0. The topological polar surface area (TPSA) is 73.7 Å². The molecule has 0 aliphatic carbocycles. The molecule has 1 aromatic rings. The van der Waals surface area contributed by atoms with Gasteiger partial charge in [-0.1, -0.05) is 12.1 Å². The fourth-order valence-electron chi connectivity index (χ4n) is 1.77. The molecule has 0 aromatic carbocycles. The summed E-state index contributed by atoms with van der Waals surface area (Å²) in [4.78, 5) is 29.9. The minimum absolute atomic E-state index is 0.191. The van der Waals surface area contributed by atoms with Crippen LogP contribution in [0.5, 0.6) is 0 Å². The molecule has 6 nitrogen and oxygen atoms in total. The first-order valence-electron chi connectivity index (χ1n) is 6.19. The van der Waals surface area contributed by atoms with Crippen molar-refractivity contribution in [1.29, 1.82) is 0 Å². The van der Waals surface area contributed by atoms with Gasteiger partial charge in [-0.05, 0) is 19.1 Å². The number of carboxylic acids is 1. The predicted molar refractivity (Wildman–Crippen MR) is 75.2 cm³/mol. The molecule has 20 heavy (non-hydrogen) atoms. The number of hydrogen-bond acceptors (Lipinski definition) is 3. The molecule has 0 spiro atoms. The van der Waals surface area contributed by atoms with Crippen molar-refractivity contribution in [3.63, 3.8) is 0 Å². The number of rotatable bonds is 6. The molecule has 108 valence electrons. The highest BCUT2D eigenvalue weighted by Gasteiger charge is 2.19. The zero-order chi connectivity index (χ0) is 15.1. The van der Waals surface area contributed by atoms with E-state index in [2.05, 4.69) is 11.6 Å². The lowest BCUT2D eigenvalue weighted by atomic mass is 10.3. The molecule has 1 rings (SSSR count). The molecule has 0 saturated carbocycles. The molecule has 1 heterocycles. The van der Waals surface area contributed by atoms with E-state index in [0.717, 1.165) is 11.4 Å². The zero-order valence-electron chi connectivity index (χ0n) is 11.7. The average molecular weight is 277 g/mol. The third-order valence-corrected chi connectivity index (χ3v) is 2.62. The number of aryl methyl sites for hydroxylation is 1. The summed E-state index contributed by atoms with van der Waals surface area (Å²) in [5.41, 5.74) is 1.63. The summed E-state index contributed by atoms with van der Waals surface area (Å²) in [7, 11) is 1.62. The molecule has 6 heteroatoms. The molecule has 0 atom stereocenters. The molecule has 1 aromatic heterocycles. The zero-order valence-corrected chi connectivity index (χ0v) is 11.7. The molecule has 1 N–H and O–H groups in total. The van der Waals surface area contributed by atoms with Gasteiger partial charge in [0, 0.05) is 19.3 Å². The Morgan fingerprint density at radius 1 is 1.45 bits per heavy atom. The molecular weight excluding hydrogens is 258 g/mol. The van der Waals surface area contributed by atoms with Gasteiger partial charge in [-0.15, -0.1) is 6.58 Å². The molecule has 0 fully saturated rings. The molecule has 0 saturated heterocycles. The third-order valence-electron chi connectivity index (χ3n) is 2.62. The molecule has 2 amide bonds. The van der Waals surface area contributed by atoms with Gasteiger partial charge in [0.05, 0.1) is 12.2 Å². The smallest absolute Gasteiger partial charge is 0.323 e. The van der Waals surface area contributed by atoms with Crippen LogP contribution < -0.4 is 0 Å². The lowest BCUT2D eigenvalue weighted by Gasteiger charge is -2.25. The van der Waals surface area contributed by atoms with Gasteiger partial charge in [-0.2, -0.15) is 0 Å². The van der Waals surface area contributed by atoms with E-state index in [1.54, 1.807) is 7.05 Å². The number of aromatic nitrogens is 1. The highest BCUT2D eigenvalue weighted by atomic mass is 16.4. The number of amides is 2. The molecule has 0 unspecified atom stereocenters. The van der Waals surface area contributed by atoms with E-state index in [1.807, 2.05) is 25.1 Å². The SMILES string of the molecule is C=CCN(CC(=O)O)C(=O)N(C)Cc1cccc(C)n1. The lowest BCUT2D eigenvalue weighted by Crippen LogP contribution is -2.43.